The number of benzene rings is 2. The number of alkyl halides is 3. The summed E-state index contributed by atoms with van der Waals surface area (Å²) in [6.45, 7) is 0.194. The summed E-state index contributed by atoms with van der Waals surface area (Å²) in [6, 6.07) is 14.8. The van der Waals surface area contributed by atoms with Crippen LogP contribution < -0.4 is 10.1 Å². The van der Waals surface area contributed by atoms with Crippen molar-refractivity contribution in [1.82, 2.24) is 14.9 Å². The first-order valence-electron chi connectivity index (χ1n) is 8.41. The monoisotopic (exact) mass is 409 g/mol. The fourth-order valence-corrected chi connectivity index (χ4v) is 3.57. The number of nitrogens with one attached hydrogen (secondary N) is 1. The first-order valence-corrected chi connectivity index (χ1v) is 9.29. The van der Waals surface area contributed by atoms with Crippen LogP contribution in [0.4, 0.5) is 13.2 Å². The first-order chi connectivity index (χ1) is 13.3. The van der Waals surface area contributed by atoms with E-state index in [4.69, 9.17) is 4.74 Å². The molecule has 0 bridgehead atoms. The Morgan fingerprint density at radius 2 is 1.89 bits per heavy atom. The molecule has 28 heavy (non-hydrogen) atoms. The van der Waals surface area contributed by atoms with Gasteiger partial charge in [0.2, 0.25) is 5.91 Å². The van der Waals surface area contributed by atoms with E-state index in [1.165, 1.54) is 0 Å². The Kier molecular flexibility index (Phi) is 5.83. The number of methoxy groups -OCH3 is 1. The number of aromatic nitrogens is 2. The highest BCUT2D eigenvalue weighted by Gasteiger charge is 2.29. The zero-order chi connectivity index (χ0) is 20.3. The quantitative estimate of drug-likeness (QED) is 0.620. The van der Waals surface area contributed by atoms with Crippen molar-refractivity contribution in [1.29, 1.82) is 0 Å². The summed E-state index contributed by atoms with van der Waals surface area (Å²) >= 11 is 1.10. The molecule has 0 aliphatic rings. The molecular weight excluding hydrogens is 391 g/mol. The molecule has 1 atom stereocenters. The summed E-state index contributed by atoms with van der Waals surface area (Å²) in [5.74, 6) is -0.00191. The number of amides is 1. The van der Waals surface area contributed by atoms with Crippen LogP contribution >= 0.6 is 11.8 Å². The minimum absolute atomic E-state index is 0.515. The van der Waals surface area contributed by atoms with Gasteiger partial charge in [0.15, 0.2) is 5.16 Å². The minimum Gasteiger partial charge on any atom is -0.497 e. The number of imidazole rings is 1. The van der Waals surface area contributed by atoms with Crippen LogP contribution in [0.25, 0.3) is 16.7 Å². The van der Waals surface area contributed by atoms with Crippen LogP contribution in [0.1, 0.15) is 6.92 Å². The molecule has 9 heteroatoms. The van der Waals surface area contributed by atoms with Crippen molar-refractivity contribution in [3.05, 3.63) is 48.5 Å². The summed E-state index contributed by atoms with van der Waals surface area (Å²) in [7, 11) is 1.57. The second kappa shape index (κ2) is 8.14. The van der Waals surface area contributed by atoms with Crippen LogP contribution in [0, 0.1) is 0 Å². The number of para-hydroxylation sites is 2. The van der Waals surface area contributed by atoms with E-state index in [9.17, 15) is 18.0 Å². The molecule has 0 radical (unpaired) electrons. The molecule has 1 aromatic heterocycles. The summed E-state index contributed by atoms with van der Waals surface area (Å²) in [6.07, 6.45) is -4.45. The molecule has 3 aromatic rings. The fraction of sp³-hybridized carbons (Fsp3) is 0.263. The Bertz CT molecular complexity index is 971. The second-order valence-electron chi connectivity index (χ2n) is 6.01. The minimum atomic E-state index is -4.45. The Hall–Kier alpha value is -2.68. The standard InChI is InChI=1S/C19H18F3N3O2S/c1-12(17(26)23-11-19(20,21)22)28-18-24-15-5-3-4-6-16(15)25(18)13-7-9-14(27-2)10-8-13/h3-10,12H,11H2,1-2H3,(H,23,26). The number of hydrogen-bond acceptors (Lipinski definition) is 4. The highest BCUT2D eigenvalue weighted by molar-refractivity contribution is 8.00. The van der Waals surface area contributed by atoms with E-state index in [0.717, 1.165) is 28.5 Å². The number of ether oxygens (including phenoxy) is 1. The molecule has 1 heterocycles. The summed E-state index contributed by atoms with van der Waals surface area (Å²) < 4.78 is 44.1. The molecule has 1 amide bonds. The van der Waals surface area contributed by atoms with Gasteiger partial charge in [-0.3, -0.25) is 9.36 Å². The highest BCUT2D eigenvalue weighted by Crippen LogP contribution is 2.31. The molecule has 1 unspecified atom stereocenters. The van der Waals surface area contributed by atoms with Crippen LogP contribution in [0.15, 0.2) is 53.7 Å². The van der Waals surface area contributed by atoms with Crippen LogP contribution in [-0.4, -0.2) is 40.5 Å². The summed E-state index contributed by atoms with van der Waals surface area (Å²) in [4.78, 5) is 16.6. The van der Waals surface area contributed by atoms with Crippen LogP contribution in [0.2, 0.25) is 0 Å². The molecule has 0 aliphatic carbocycles. The lowest BCUT2D eigenvalue weighted by Crippen LogP contribution is -2.38. The largest absolute Gasteiger partial charge is 0.497 e. The fourth-order valence-electron chi connectivity index (χ4n) is 2.61. The summed E-state index contributed by atoms with van der Waals surface area (Å²) in [5, 5.41) is 1.67. The molecule has 0 fully saturated rings. The van der Waals surface area contributed by atoms with E-state index in [0.29, 0.717) is 10.9 Å². The van der Waals surface area contributed by atoms with Crippen molar-refractivity contribution in [3.8, 4) is 11.4 Å². The zero-order valence-corrected chi connectivity index (χ0v) is 16.0. The molecule has 5 nitrogen and oxygen atoms in total. The molecule has 2 aromatic carbocycles. The van der Waals surface area contributed by atoms with E-state index in [1.54, 1.807) is 26.2 Å². The number of halogens is 3. The van der Waals surface area contributed by atoms with Gasteiger partial charge in [0.1, 0.15) is 12.3 Å². The zero-order valence-electron chi connectivity index (χ0n) is 15.2. The maximum atomic E-state index is 12.3. The average molecular weight is 409 g/mol. The van der Waals surface area contributed by atoms with Gasteiger partial charge >= 0.3 is 6.18 Å². The number of nitrogens with zero attached hydrogens (tertiary/aromatic N) is 2. The molecule has 148 valence electrons. The topological polar surface area (TPSA) is 56.1 Å². The first kappa shape index (κ1) is 20.1. The summed E-state index contributed by atoms with van der Waals surface area (Å²) in [5.41, 5.74) is 2.36. The van der Waals surface area contributed by atoms with Gasteiger partial charge in [-0.1, -0.05) is 23.9 Å². The Morgan fingerprint density at radius 1 is 1.21 bits per heavy atom. The predicted octanol–water partition coefficient (Wildman–Crippen LogP) is 4.19. The third-order valence-corrected chi connectivity index (χ3v) is 5.03. The van der Waals surface area contributed by atoms with Crippen molar-refractivity contribution in [2.75, 3.05) is 13.7 Å². The van der Waals surface area contributed by atoms with Gasteiger partial charge in [-0.15, -0.1) is 0 Å². The number of fused-ring (bicyclic) bond motifs is 1. The van der Waals surface area contributed by atoms with Crippen LogP contribution in [0.3, 0.4) is 0 Å². The van der Waals surface area contributed by atoms with Crippen molar-refractivity contribution in [2.45, 2.75) is 23.5 Å². The highest BCUT2D eigenvalue weighted by atomic mass is 32.2. The van der Waals surface area contributed by atoms with Crippen LogP contribution in [-0.2, 0) is 4.79 Å². The van der Waals surface area contributed by atoms with Gasteiger partial charge in [-0.25, -0.2) is 4.98 Å². The number of carbonyl (C=O) groups excluding carboxylic acids is 1. The Morgan fingerprint density at radius 3 is 2.54 bits per heavy atom. The van der Waals surface area contributed by atoms with Crippen LogP contribution in [0.5, 0.6) is 5.75 Å². The molecule has 3 rings (SSSR count). The maximum absolute atomic E-state index is 12.3. The molecule has 1 N–H and O–H groups in total. The second-order valence-corrected chi connectivity index (χ2v) is 7.32. The third kappa shape index (κ3) is 4.59. The van der Waals surface area contributed by atoms with E-state index >= 15 is 0 Å². The van der Waals surface area contributed by atoms with Gasteiger partial charge in [-0.05, 0) is 43.3 Å². The van der Waals surface area contributed by atoms with E-state index < -0.39 is 23.9 Å². The van der Waals surface area contributed by atoms with Crippen molar-refractivity contribution < 1.29 is 22.7 Å². The maximum Gasteiger partial charge on any atom is 0.405 e. The van der Waals surface area contributed by atoms with E-state index in [2.05, 4.69) is 4.98 Å². The lowest BCUT2D eigenvalue weighted by Gasteiger charge is -2.14. The Balaban J connectivity index is 1.91. The van der Waals surface area contributed by atoms with Crippen molar-refractivity contribution in [2.24, 2.45) is 0 Å². The van der Waals surface area contributed by atoms with Gasteiger partial charge in [0, 0.05) is 5.69 Å². The third-order valence-electron chi connectivity index (χ3n) is 3.98. The van der Waals surface area contributed by atoms with Gasteiger partial charge in [0.25, 0.3) is 0 Å². The van der Waals surface area contributed by atoms with Gasteiger partial charge in [-0.2, -0.15) is 13.2 Å². The molecule has 0 saturated heterocycles. The number of rotatable bonds is 6. The van der Waals surface area contributed by atoms with Gasteiger partial charge < -0.3 is 10.1 Å². The molecule has 0 spiro atoms. The number of carbonyl (C=O) groups is 1. The molecular formula is C19H18F3N3O2S. The van der Waals surface area contributed by atoms with E-state index in [-0.39, 0.29) is 0 Å². The molecule has 0 saturated carbocycles. The lowest BCUT2D eigenvalue weighted by molar-refractivity contribution is -0.137. The van der Waals surface area contributed by atoms with E-state index in [1.807, 2.05) is 46.3 Å². The average Bonchev–Trinajstić information content (AvgIpc) is 3.03. The van der Waals surface area contributed by atoms with Gasteiger partial charge in [0.05, 0.1) is 23.4 Å². The molecule has 0 aliphatic heterocycles. The smallest absolute Gasteiger partial charge is 0.405 e. The van der Waals surface area contributed by atoms with Crippen molar-refractivity contribution in [3.63, 3.8) is 0 Å². The Labute approximate surface area is 163 Å². The SMILES string of the molecule is COc1ccc(-n2c(SC(C)C(=O)NCC(F)(F)F)nc3ccccc32)cc1. The lowest BCUT2D eigenvalue weighted by atomic mass is 10.2. The predicted molar refractivity (Wildman–Crippen MR) is 102 cm³/mol. The number of thioether (sulfide) groups is 1. The van der Waals surface area contributed by atoms with Crippen molar-refractivity contribution >= 4 is 28.7 Å². The number of hydrogen-bond donors (Lipinski definition) is 1. The normalized spacial score (nSPS) is 12.8.